The van der Waals surface area contributed by atoms with Gasteiger partial charge in [0.15, 0.2) is 6.61 Å². The van der Waals surface area contributed by atoms with E-state index >= 15 is 0 Å². The maximum Gasteiger partial charge on any atom is 0.274 e. The van der Waals surface area contributed by atoms with Crippen LogP contribution in [0.5, 0.6) is 5.75 Å². The Morgan fingerprint density at radius 1 is 0.941 bits per heavy atom. The van der Waals surface area contributed by atoms with Gasteiger partial charge in [0.1, 0.15) is 11.4 Å². The zero-order valence-corrected chi connectivity index (χ0v) is 19.4. The molecule has 5 rings (SSSR count). The lowest BCUT2D eigenvalue weighted by Gasteiger charge is -2.43. The van der Waals surface area contributed by atoms with E-state index in [9.17, 15) is 9.59 Å². The third-order valence-corrected chi connectivity index (χ3v) is 6.85. The van der Waals surface area contributed by atoms with E-state index in [1.165, 1.54) is 5.56 Å². The Morgan fingerprint density at radius 3 is 2.50 bits per heavy atom. The zero-order valence-electron chi connectivity index (χ0n) is 19.4. The van der Waals surface area contributed by atoms with E-state index in [0.717, 1.165) is 44.6 Å². The number of amides is 1. The van der Waals surface area contributed by atoms with E-state index < -0.39 is 0 Å². The number of hydrogen-bond acceptors (Lipinski definition) is 4. The lowest BCUT2D eigenvalue weighted by atomic mass is 9.83. The molecule has 1 N–H and O–H groups in total. The van der Waals surface area contributed by atoms with Gasteiger partial charge in [-0.05, 0) is 61.6 Å². The van der Waals surface area contributed by atoms with Crippen LogP contribution in [0.15, 0.2) is 77.6 Å². The predicted octanol–water partition coefficient (Wildman–Crippen LogP) is 3.92. The van der Waals surface area contributed by atoms with Crippen LogP contribution in [0.2, 0.25) is 0 Å². The quantitative estimate of drug-likeness (QED) is 0.557. The highest BCUT2D eigenvalue weighted by Crippen LogP contribution is 2.35. The first-order valence-corrected chi connectivity index (χ1v) is 12.1. The number of pyridine rings is 1. The summed E-state index contributed by atoms with van der Waals surface area (Å²) in [5.74, 6) is 1.12. The Hall–Kier alpha value is -3.38. The average Bonchev–Trinajstić information content (AvgIpc) is 2.86. The summed E-state index contributed by atoms with van der Waals surface area (Å²) in [5.41, 5.74) is 2.69. The number of ether oxygens (including phenoxy) is 1. The predicted molar refractivity (Wildman–Crippen MR) is 133 cm³/mol. The largest absolute Gasteiger partial charge is 0.484 e. The second-order valence-corrected chi connectivity index (χ2v) is 9.38. The number of likely N-dealkylation sites (tertiary alicyclic amines) is 1. The van der Waals surface area contributed by atoms with Gasteiger partial charge in [-0.25, -0.2) is 0 Å². The summed E-state index contributed by atoms with van der Waals surface area (Å²) >= 11 is 0. The van der Waals surface area contributed by atoms with Crippen molar-refractivity contribution in [3.63, 3.8) is 0 Å². The number of piperidine rings is 1. The molecule has 0 saturated carbocycles. The first-order chi connectivity index (χ1) is 16.7. The number of carbonyl (C=O) groups is 1. The molecule has 3 aromatic rings. The minimum atomic E-state index is -0.331. The van der Waals surface area contributed by atoms with Crippen molar-refractivity contribution in [1.29, 1.82) is 0 Å². The molecule has 0 radical (unpaired) electrons. The summed E-state index contributed by atoms with van der Waals surface area (Å²) in [6, 6.07) is 23.6. The van der Waals surface area contributed by atoms with Crippen LogP contribution in [-0.4, -0.2) is 41.6 Å². The van der Waals surface area contributed by atoms with Crippen LogP contribution < -0.4 is 15.6 Å². The fourth-order valence-corrected chi connectivity index (χ4v) is 5.33. The Morgan fingerprint density at radius 2 is 1.71 bits per heavy atom. The average molecular weight is 458 g/mol. The van der Waals surface area contributed by atoms with E-state index in [-0.39, 0.29) is 18.1 Å². The smallest absolute Gasteiger partial charge is 0.274 e. The van der Waals surface area contributed by atoms with Gasteiger partial charge >= 0.3 is 0 Å². The maximum absolute atomic E-state index is 13.2. The number of hydrogen-bond donors (Lipinski definition) is 1. The van der Waals surface area contributed by atoms with Gasteiger partial charge in [0.05, 0.1) is 0 Å². The number of aryl methyl sites for hydroxylation is 1. The first kappa shape index (κ1) is 22.4. The molecule has 0 spiro atoms. The molecule has 3 heterocycles. The fourth-order valence-electron chi connectivity index (χ4n) is 5.33. The minimum Gasteiger partial charge on any atom is -0.484 e. The van der Waals surface area contributed by atoms with Crippen molar-refractivity contribution in [1.82, 2.24) is 9.47 Å². The van der Waals surface area contributed by atoms with Crippen LogP contribution in [0.4, 0.5) is 5.69 Å². The van der Waals surface area contributed by atoms with Crippen molar-refractivity contribution in [3.8, 4) is 5.75 Å². The van der Waals surface area contributed by atoms with Gasteiger partial charge in [-0.15, -0.1) is 0 Å². The Bertz CT molecular complexity index is 1180. The molecule has 2 aromatic carbocycles. The SMILES string of the molecule is O=C(COc1ccccc1)Nc1ccc2n(c1=O)CC1CC2CN(CCCc2ccccc2)C1. The monoisotopic (exact) mass is 457 g/mol. The molecule has 2 aliphatic heterocycles. The number of aromatic nitrogens is 1. The number of anilines is 1. The number of benzene rings is 2. The third kappa shape index (κ3) is 5.23. The molecule has 2 bridgehead atoms. The van der Waals surface area contributed by atoms with E-state index in [2.05, 4.69) is 40.5 Å². The molecule has 176 valence electrons. The topological polar surface area (TPSA) is 63.6 Å². The normalized spacial score (nSPS) is 19.3. The van der Waals surface area contributed by atoms with Crippen molar-refractivity contribution in [2.75, 3.05) is 31.6 Å². The van der Waals surface area contributed by atoms with E-state index in [4.69, 9.17) is 4.74 Å². The minimum absolute atomic E-state index is 0.113. The van der Waals surface area contributed by atoms with E-state index in [0.29, 0.717) is 29.8 Å². The Balaban J connectivity index is 1.19. The van der Waals surface area contributed by atoms with E-state index in [1.807, 2.05) is 28.8 Å². The molecule has 1 amide bonds. The summed E-state index contributed by atoms with van der Waals surface area (Å²) in [6.07, 6.45) is 3.37. The van der Waals surface area contributed by atoms with Gasteiger partial charge in [-0.3, -0.25) is 9.59 Å². The highest BCUT2D eigenvalue weighted by atomic mass is 16.5. The molecule has 6 heteroatoms. The number of rotatable bonds is 8. The lowest BCUT2D eigenvalue weighted by Crippen LogP contribution is -2.47. The molecular weight excluding hydrogens is 426 g/mol. The van der Waals surface area contributed by atoms with Gasteiger partial charge in [0, 0.05) is 31.2 Å². The zero-order chi connectivity index (χ0) is 23.3. The van der Waals surface area contributed by atoms with Crippen LogP contribution >= 0.6 is 0 Å². The standard InChI is InChI=1S/C28H31N3O3/c32-27(20-34-24-11-5-2-6-12-24)29-25-13-14-26-23-16-22(18-31(26)28(25)33)17-30(19-23)15-7-10-21-8-3-1-4-9-21/h1-6,8-9,11-14,22-23H,7,10,15-20H2,(H,29,32). The summed E-state index contributed by atoms with van der Waals surface area (Å²) in [6.45, 7) is 3.68. The Labute approximate surface area is 200 Å². The number of para-hydroxylation sites is 1. The molecular formula is C28H31N3O3. The van der Waals surface area contributed by atoms with Crippen LogP contribution in [0.1, 0.15) is 30.0 Å². The highest BCUT2D eigenvalue weighted by molar-refractivity contribution is 5.91. The summed E-state index contributed by atoms with van der Waals surface area (Å²) < 4.78 is 7.38. The summed E-state index contributed by atoms with van der Waals surface area (Å²) in [5, 5.41) is 2.74. The Kier molecular flexibility index (Phi) is 6.77. The van der Waals surface area contributed by atoms with E-state index in [1.54, 1.807) is 18.2 Å². The van der Waals surface area contributed by atoms with Gasteiger partial charge in [-0.2, -0.15) is 0 Å². The summed E-state index contributed by atoms with van der Waals surface area (Å²) in [7, 11) is 0. The molecule has 1 aromatic heterocycles. The van der Waals surface area contributed by atoms with Crippen LogP contribution in [0.25, 0.3) is 0 Å². The van der Waals surface area contributed by atoms with Gasteiger partial charge in [-0.1, -0.05) is 48.5 Å². The van der Waals surface area contributed by atoms with Gasteiger partial charge in [0.2, 0.25) is 0 Å². The van der Waals surface area contributed by atoms with Crippen molar-refractivity contribution in [2.24, 2.45) is 5.92 Å². The van der Waals surface area contributed by atoms with Gasteiger partial charge in [0.25, 0.3) is 11.5 Å². The maximum atomic E-state index is 13.2. The molecule has 34 heavy (non-hydrogen) atoms. The molecule has 0 aliphatic carbocycles. The summed E-state index contributed by atoms with van der Waals surface area (Å²) in [4.78, 5) is 28.1. The molecule has 2 aliphatic rings. The molecule has 1 saturated heterocycles. The van der Waals surface area contributed by atoms with Crippen LogP contribution in [-0.2, 0) is 17.8 Å². The van der Waals surface area contributed by atoms with Crippen LogP contribution in [0.3, 0.4) is 0 Å². The van der Waals surface area contributed by atoms with Crippen LogP contribution in [0, 0.1) is 5.92 Å². The van der Waals surface area contributed by atoms with Crippen molar-refractivity contribution in [3.05, 3.63) is 94.4 Å². The molecule has 2 atom stereocenters. The highest BCUT2D eigenvalue weighted by Gasteiger charge is 2.34. The van der Waals surface area contributed by atoms with Crippen molar-refractivity contribution in [2.45, 2.75) is 31.7 Å². The number of nitrogens with zero attached hydrogens (tertiary/aromatic N) is 2. The van der Waals surface area contributed by atoms with Crippen molar-refractivity contribution < 1.29 is 9.53 Å². The molecule has 1 fully saturated rings. The second-order valence-electron chi connectivity index (χ2n) is 9.38. The number of fused-ring (bicyclic) bond motifs is 4. The molecule has 2 unspecified atom stereocenters. The first-order valence-electron chi connectivity index (χ1n) is 12.1. The number of nitrogens with one attached hydrogen (secondary N) is 1. The second kappa shape index (κ2) is 10.3. The van der Waals surface area contributed by atoms with Crippen molar-refractivity contribution >= 4 is 11.6 Å². The third-order valence-electron chi connectivity index (χ3n) is 6.85. The lowest BCUT2D eigenvalue weighted by molar-refractivity contribution is -0.118. The number of carbonyl (C=O) groups excluding carboxylic acids is 1. The molecule has 6 nitrogen and oxygen atoms in total. The van der Waals surface area contributed by atoms with Gasteiger partial charge < -0.3 is 19.5 Å². The fraction of sp³-hybridized carbons (Fsp3) is 0.357.